The number of hydrogen-bond acceptors (Lipinski definition) is 6. The van der Waals surface area contributed by atoms with Crippen LogP contribution in [0.4, 0.5) is 11.4 Å². The number of amides is 2. The Kier molecular flexibility index (Phi) is 6.66. The molecule has 0 atom stereocenters. The minimum atomic E-state index is -0.233. The van der Waals surface area contributed by atoms with E-state index < -0.39 is 0 Å². The molecule has 1 heterocycles. The van der Waals surface area contributed by atoms with Crippen LogP contribution in [0.25, 0.3) is 0 Å². The van der Waals surface area contributed by atoms with Gasteiger partial charge in [-0.1, -0.05) is 6.92 Å². The fraction of sp³-hybridized carbons (Fsp3) is 0.286. The zero-order valence-corrected chi connectivity index (χ0v) is 16.1. The lowest BCUT2D eigenvalue weighted by molar-refractivity contribution is -0.119. The molecule has 0 radical (unpaired) electrons. The van der Waals surface area contributed by atoms with Crippen molar-refractivity contribution in [2.75, 3.05) is 43.5 Å². The summed E-state index contributed by atoms with van der Waals surface area (Å²) in [5.41, 5.74) is 1.73. The van der Waals surface area contributed by atoms with Crippen LogP contribution in [0.2, 0.25) is 0 Å². The molecule has 8 heteroatoms. The zero-order chi connectivity index (χ0) is 20.6. The summed E-state index contributed by atoms with van der Waals surface area (Å²) in [6.07, 6.45) is 0. The Balaban J connectivity index is 1.51. The predicted molar refractivity (Wildman–Crippen MR) is 108 cm³/mol. The van der Waals surface area contributed by atoms with Gasteiger partial charge in [0.1, 0.15) is 13.2 Å². The van der Waals surface area contributed by atoms with Gasteiger partial charge in [-0.2, -0.15) is 5.26 Å². The van der Waals surface area contributed by atoms with Crippen molar-refractivity contribution in [3.05, 3.63) is 48.0 Å². The topological polar surface area (TPSA) is 104 Å². The maximum Gasteiger partial charge on any atom is 0.238 e. The van der Waals surface area contributed by atoms with Crippen LogP contribution in [0, 0.1) is 11.3 Å². The zero-order valence-electron chi connectivity index (χ0n) is 16.1. The third-order valence-corrected chi connectivity index (χ3v) is 4.31. The molecule has 2 amide bonds. The van der Waals surface area contributed by atoms with Crippen LogP contribution in [-0.2, 0) is 9.59 Å². The molecule has 0 aromatic heterocycles. The van der Waals surface area contributed by atoms with Gasteiger partial charge in [0, 0.05) is 17.4 Å². The molecule has 1 aliphatic rings. The van der Waals surface area contributed by atoms with E-state index in [0.717, 1.165) is 0 Å². The summed E-state index contributed by atoms with van der Waals surface area (Å²) in [7, 11) is 0. The van der Waals surface area contributed by atoms with Crippen molar-refractivity contribution >= 4 is 23.2 Å². The van der Waals surface area contributed by atoms with E-state index in [1.54, 1.807) is 47.4 Å². The average Bonchev–Trinajstić information content (AvgIpc) is 2.73. The smallest absolute Gasteiger partial charge is 0.238 e. The van der Waals surface area contributed by atoms with Crippen molar-refractivity contribution in [3.63, 3.8) is 0 Å². The fourth-order valence-corrected chi connectivity index (χ4v) is 2.84. The number of fused-ring (bicyclic) bond motifs is 1. The molecule has 1 aliphatic heterocycles. The summed E-state index contributed by atoms with van der Waals surface area (Å²) in [5, 5.41) is 14.4. The Bertz CT molecular complexity index is 921. The second kappa shape index (κ2) is 9.57. The number of hydrogen-bond donors (Lipinski definition) is 2. The van der Waals surface area contributed by atoms with Crippen LogP contribution in [-0.4, -0.2) is 49.6 Å². The van der Waals surface area contributed by atoms with E-state index in [0.29, 0.717) is 48.2 Å². The Labute approximate surface area is 169 Å². The van der Waals surface area contributed by atoms with Crippen molar-refractivity contribution in [2.45, 2.75) is 6.92 Å². The van der Waals surface area contributed by atoms with Gasteiger partial charge in [0.15, 0.2) is 11.5 Å². The number of ether oxygens (including phenoxy) is 2. The molecule has 0 saturated carbocycles. The highest BCUT2D eigenvalue weighted by atomic mass is 16.6. The fourth-order valence-electron chi connectivity index (χ4n) is 2.84. The van der Waals surface area contributed by atoms with Gasteiger partial charge in [-0.3, -0.25) is 14.5 Å². The number of likely N-dealkylation sites (N-methyl/N-ethyl adjacent to an activating group) is 1. The minimum absolute atomic E-state index is 0.0745. The Morgan fingerprint density at radius 1 is 0.966 bits per heavy atom. The van der Waals surface area contributed by atoms with Gasteiger partial charge in [0.2, 0.25) is 11.8 Å². The standard InChI is InChI=1S/C21H22N4O4/c1-2-25(13-20(26)23-16-5-3-15(12-22)4-6-16)14-21(27)24-17-7-8-18-19(11-17)29-10-9-28-18/h3-8,11H,2,9-10,13-14H2,1H3,(H,23,26)(H,24,27). The molecule has 29 heavy (non-hydrogen) atoms. The van der Waals surface area contributed by atoms with Crippen molar-refractivity contribution < 1.29 is 19.1 Å². The van der Waals surface area contributed by atoms with Crippen molar-refractivity contribution in [2.24, 2.45) is 0 Å². The van der Waals surface area contributed by atoms with Crippen LogP contribution in [0.15, 0.2) is 42.5 Å². The molecule has 0 saturated heterocycles. The number of carbonyl (C=O) groups excluding carboxylic acids is 2. The molecule has 0 spiro atoms. The molecule has 150 valence electrons. The maximum atomic E-state index is 12.4. The number of benzene rings is 2. The summed E-state index contributed by atoms with van der Waals surface area (Å²) in [6.45, 7) is 3.55. The SMILES string of the molecule is CCN(CC(=O)Nc1ccc(C#N)cc1)CC(=O)Nc1ccc2c(c1)OCCO2. The first-order valence-electron chi connectivity index (χ1n) is 9.29. The van der Waals surface area contributed by atoms with Gasteiger partial charge >= 0.3 is 0 Å². The van der Waals surface area contributed by atoms with E-state index in [4.69, 9.17) is 14.7 Å². The Morgan fingerprint density at radius 3 is 2.17 bits per heavy atom. The van der Waals surface area contributed by atoms with Gasteiger partial charge in [-0.15, -0.1) is 0 Å². The molecule has 8 nitrogen and oxygen atoms in total. The van der Waals surface area contributed by atoms with E-state index in [9.17, 15) is 9.59 Å². The first-order valence-corrected chi connectivity index (χ1v) is 9.29. The molecular weight excluding hydrogens is 372 g/mol. The highest BCUT2D eigenvalue weighted by Crippen LogP contribution is 2.32. The normalized spacial score (nSPS) is 12.2. The maximum absolute atomic E-state index is 12.4. The second-order valence-electron chi connectivity index (χ2n) is 6.45. The summed E-state index contributed by atoms with van der Waals surface area (Å²) in [6, 6.07) is 13.9. The predicted octanol–water partition coefficient (Wildman–Crippen LogP) is 2.23. The molecule has 2 N–H and O–H groups in total. The van der Waals surface area contributed by atoms with Gasteiger partial charge in [0.05, 0.1) is 24.7 Å². The molecule has 0 fully saturated rings. The molecule has 0 bridgehead atoms. The lowest BCUT2D eigenvalue weighted by Crippen LogP contribution is -2.38. The van der Waals surface area contributed by atoms with Crippen LogP contribution >= 0.6 is 0 Å². The van der Waals surface area contributed by atoms with Gasteiger partial charge in [-0.05, 0) is 42.9 Å². The van der Waals surface area contributed by atoms with E-state index >= 15 is 0 Å². The molecule has 0 unspecified atom stereocenters. The average molecular weight is 394 g/mol. The van der Waals surface area contributed by atoms with Gasteiger partial charge < -0.3 is 20.1 Å². The second-order valence-corrected chi connectivity index (χ2v) is 6.45. The quantitative estimate of drug-likeness (QED) is 0.746. The third-order valence-electron chi connectivity index (χ3n) is 4.31. The largest absolute Gasteiger partial charge is 0.486 e. The number of carbonyl (C=O) groups is 2. The molecule has 0 aliphatic carbocycles. The Morgan fingerprint density at radius 2 is 1.55 bits per heavy atom. The van der Waals surface area contributed by atoms with Crippen LogP contribution in [0.1, 0.15) is 12.5 Å². The monoisotopic (exact) mass is 394 g/mol. The van der Waals surface area contributed by atoms with Crippen molar-refractivity contribution in [1.29, 1.82) is 5.26 Å². The number of anilines is 2. The highest BCUT2D eigenvalue weighted by molar-refractivity contribution is 5.94. The van der Waals surface area contributed by atoms with Crippen molar-refractivity contribution in [1.82, 2.24) is 4.90 Å². The number of nitrogens with zero attached hydrogens (tertiary/aromatic N) is 2. The van der Waals surface area contributed by atoms with E-state index in [2.05, 4.69) is 10.6 Å². The third kappa shape index (κ3) is 5.70. The Hall–Kier alpha value is -3.57. The van der Waals surface area contributed by atoms with Gasteiger partial charge in [0.25, 0.3) is 0 Å². The molecule has 2 aromatic rings. The summed E-state index contributed by atoms with van der Waals surface area (Å²) in [5.74, 6) is 0.797. The summed E-state index contributed by atoms with van der Waals surface area (Å²) < 4.78 is 11.0. The number of nitriles is 1. The number of rotatable bonds is 7. The molecular formula is C21H22N4O4. The van der Waals surface area contributed by atoms with E-state index in [-0.39, 0.29) is 24.9 Å². The summed E-state index contributed by atoms with van der Waals surface area (Å²) in [4.78, 5) is 26.4. The first-order chi connectivity index (χ1) is 14.1. The summed E-state index contributed by atoms with van der Waals surface area (Å²) >= 11 is 0. The molecule has 2 aromatic carbocycles. The minimum Gasteiger partial charge on any atom is -0.486 e. The first kappa shape index (κ1) is 20.2. The lowest BCUT2D eigenvalue weighted by atomic mass is 10.2. The van der Waals surface area contributed by atoms with Crippen molar-refractivity contribution in [3.8, 4) is 17.6 Å². The van der Waals surface area contributed by atoms with Crippen LogP contribution in [0.3, 0.4) is 0 Å². The van der Waals surface area contributed by atoms with Crippen LogP contribution < -0.4 is 20.1 Å². The van der Waals surface area contributed by atoms with E-state index in [1.165, 1.54) is 0 Å². The van der Waals surface area contributed by atoms with E-state index in [1.807, 2.05) is 13.0 Å². The highest BCUT2D eigenvalue weighted by Gasteiger charge is 2.16. The van der Waals surface area contributed by atoms with Gasteiger partial charge in [-0.25, -0.2) is 0 Å². The lowest BCUT2D eigenvalue weighted by Gasteiger charge is -2.21. The number of nitrogens with one attached hydrogen (secondary N) is 2. The molecule has 3 rings (SSSR count). The van der Waals surface area contributed by atoms with Crippen LogP contribution in [0.5, 0.6) is 11.5 Å².